The van der Waals surface area contributed by atoms with Crippen molar-refractivity contribution in [1.29, 1.82) is 0 Å². The third-order valence-electron chi connectivity index (χ3n) is 3.87. The molecule has 1 aliphatic rings. The van der Waals surface area contributed by atoms with E-state index in [1.54, 1.807) is 6.20 Å². The molecular weight excluding hydrogens is 254 g/mol. The highest BCUT2D eigenvalue weighted by Crippen LogP contribution is 2.16. The Morgan fingerprint density at radius 3 is 3.15 bits per heavy atom. The molecule has 0 aromatic carbocycles. The second-order valence-electron chi connectivity index (χ2n) is 5.55. The maximum absolute atomic E-state index is 8.68. The molecule has 0 radical (unpaired) electrons. The molecule has 20 heavy (non-hydrogen) atoms. The Bertz CT molecular complexity index is 476. The number of piperidine rings is 1. The van der Waals surface area contributed by atoms with E-state index in [0.717, 1.165) is 31.6 Å². The van der Waals surface area contributed by atoms with E-state index in [1.165, 1.54) is 0 Å². The molecule has 0 bridgehead atoms. The van der Waals surface area contributed by atoms with Crippen LogP contribution in [-0.2, 0) is 6.54 Å². The molecule has 0 amide bonds. The molecule has 0 spiro atoms. The summed E-state index contributed by atoms with van der Waals surface area (Å²) < 4.78 is 0. The van der Waals surface area contributed by atoms with Crippen molar-refractivity contribution in [2.24, 2.45) is 16.8 Å². The molecule has 6 heteroatoms. The Labute approximate surface area is 119 Å². The average molecular weight is 277 g/mol. The van der Waals surface area contributed by atoms with Crippen molar-refractivity contribution in [2.75, 3.05) is 20.1 Å². The smallest absolute Gasteiger partial charge is 0.188 e. The molecule has 110 valence electrons. The second kappa shape index (κ2) is 6.67. The number of aromatic nitrogens is 1. The van der Waals surface area contributed by atoms with E-state index in [9.17, 15) is 0 Å². The maximum atomic E-state index is 8.68. The first-order valence-corrected chi connectivity index (χ1v) is 6.95. The number of oxime groups is 1. The van der Waals surface area contributed by atoms with Crippen molar-refractivity contribution in [2.45, 2.75) is 25.9 Å². The van der Waals surface area contributed by atoms with Crippen molar-refractivity contribution in [3.63, 3.8) is 0 Å². The second-order valence-corrected chi connectivity index (χ2v) is 5.55. The zero-order valence-corrected chi connectivity index (χ0v) is 12.1. The first kappa shape index (κ1) is 14.7. The van der Waals surface area contributed by atoms with Crippen molar-refractivity contribution >= 4 is 5.84 Å². The fourth-order valence-corrected chi connectivity index (χ4v) is 2.68. The minimum Gasteiger partial charge on any atom is -0.409 e. The van der Waals surface area contributed by atoms with E-state index < -0.39 is 0 Å². The molecule has 1 aromatic heterocycles. The van der Waals surface area contributed by atoms with E-state index in [2.05, 4.69) is 34.3 Å². The van der Waals surface area contributed by atoms with Gasteiger partial charge in [0.1, 0.15) is 5.69 Å². The van der Waals surface area contributed by atoms with E-state index in [4.69, 9.17) is 10.9 Å². The van der Waals surface area contributed by atoms with Gasteiger partial charge in [0.25, 0.3) is 0 Å². The summed E-state index contributed by atoms with van der Waals surface area (Å²) in [5.74, 6) is 0.679. The van der Waals surface area contributed by atoms with Gasteiger partial charge in [-0.05, 0) is 43.6 Å². The molecule has 1 aromatic rings. The van der Waals surface area contributed by atoms with Crippen LogP contribution in [0.1, 0.15) is 24.6 Å². The van der Waals surface area contributed by atoms with Crippen molar-refractivity contribution in [1.82, 2.24) is 15.2 Å². The van der Waals surface area contributed by atoms with Gasteiger partial charge in [-0.3, -0.25) is 4.98 Å². The number of rotatable bonds is 4. The molecule has 1 aliphatic heterocycles. The molecule has 1 saturated heterocycles. The normalized spacial score (nSPS) is 24.8. The number of likely N-dealkylation sites (tertiary alicyclic amines) is 1. The highest BCUT2D eigenvalue weighted by Gasteiger charge is 2.23. The van der Waals surface area contributed by atoms with Crippen LogP contribution in [0.5, 0.6) is 0 Å². The standard InChI is InChI=1S/C14H23N5O/c1-10-9-19(2)6-4-12(10)17-8-11-3-5-16-13(7-11)14(15)18-20/h3,5,7,10,12,17,20H,4,6,8-9H2,1-2H3,(H2,15,18). The number of hydrogen-bond acceptors (Lipinski definition) is 5. The number of amidine groups is 1. The Kier molecular flexibility index (Phi) is 4.92. The summed E-state index contributed by atoms with van der Waals surface area (Å²) >= 11 is 0. The van der Waals surface area contributed by atoms with Crippen LogP contribution in [0.15, 0.2) is 23.5 Å². The van der Waals surface area contributed by atoms with Gasteiger partial charge in [0.2, 0.25) is 0 Å². The fraction of sp³-hybridized carbons (Fsp3) is 0.571. The molecule has 0 saturated carbocycles. The lowest BCUT2D eigenvalue weighted by Crippen LogP contribution is -2.46. The van der Waals surface area contributed by atoms with Gasteiger partial charge < -0.3 is 21.2 Å². The molecule has 6 nitrogen and oxygen atoms in total. The fourth-order valence-electron chi connectivity index (χ4n) is 2.68. The topological polar surface area (TPSA) is 86.8 Å². The lowest BCUT2D eigenvalue weighted by Gasteiger charge is -2.35. The van der Waals surface area contributed by atoms with Gasteiger partial charge in [0.05, 0.1) is 0 Å². The van der Waals surface area contributed by atoms with Crippen LogP contribution in [0.4, 0.5) is 0 Å². The van der Waals surface area contributed by atoms with Gasteiger partial charge >= 0.3 is 0 Å². The largest absolute Gasteiger partial charge is 0.409 e. The van der Waals surface area contributed by atoms with Crippen LogP contribution < -0.4 is 11.1 Å². The Hall–Kier alpha value is -1.66. The van der Waals surface area contributed by atoms with E-state index in [0.29, 0.717) is 17.7 Å². The Balaban J connectivity index is 1.94. The SMILES string of the molecule is CC1CN(C)CCC1NCc1ccnc(/C(N)=N/O)c1. The Morgan fingerprint density at radius 1 is 1.65 bits per heavy atom. The van der Waals surface area contributed by atoms with Gasteiger partial charge in [0, 0.05) is 25.3 Å². The van der Waals surface area contributed by atoms with Gasteiger partial charge in [-0.1, -0.05) is 12.1 Å². The van der Waals surface area contributed by atoms with Gasteiger partial charge in [-0.2, -0.15) is 0 Å². The number of nitrogens with one attached hydrogen (secondary N) is 1. The van der Waals surface area contributed by atoms with Crippen LogP contribution in [0.2, 0.25) is 0 Å². The third kappa shape index (κ3) is 3.68. The van der Waals surface area contributed by atoms with Gasteiger partial charge in [-0.25, -0.2) is 0 Å². The zero-order valence-electron chi connectivity index (χ0n) is 12.1. The molecule has 1 fully saturated rings. The van der Waals surface area contributed by atoms with Gasteiger partial charge in [-0.15, -0.1) is 0 Å². The lowest BCUT2D eigenvalue weighted by molar-refractivity contribution is 0.174. The van der Waals surface area contributed by atoms with E-state index in [1.807, 2.05) is 12.1 Å². The van der Waals surface area contributed by atoms with Crippen LogP contribution >= 0.6 is 0 Å². The highest BCUT2D eigenvalue weighted by atomic mass is 16.4. The molecule has 0 aliphatic carbocycles. The average Bonchev–Trinajstić information content (AvgIpc) is 2.46. The number of pyridine rings is 1. The minimum absolute atomic E-state index is 0.0412. The molecule has 2 unspecified atom stereocenters. The predicted molar refractivity (Wildman–Crippen MR) is 78.7 cm³/mol. The van der Waals surface area contributed by atoms with Crippen molar-refractivity contribution in [3.8, 4) is 0 Å². The minimum atomic E-state index is 0.0412. The van der Waals surface area contributed by atoms with Crippen LogP contribution in [0.3, 0.4) is 0 Å². The van der Waals surface area contributed by atoms with Crippen LogP contribution in [0, 0.1) is 5.92 Å². The first-order valence-electron chi connectivity index (χ1n) is 6.95. The van der Waals surface area contributed by atoms with Crippen LogP contribution in [-0.4, -0.2) is 47.1 Å². The molecule has 2 heterocycles. The summed E-state index contributed by atoms with van der Waals surface area (Å²) in [6, 6.07) is 4.33. The molecular formula is C14H23N5O. The zero-order chi connectivity index (χ0) is 14.5. The number of hydrogen-bond donors (Lipinski definition) is 3. The molecule has 4 N–H and O–H groups in total. The highest BCUT2D eigenvalue weighted by molar-refractivity contribution is 5.95. The summed E-state index contributed by atoms with van der Waals surface area (Å²) in [4.78, 5) is 6.45. The van der Waals surface area contributed by atoms with E-state index in [-0.39, 0.29) is 5.84 Å². The molecule has 2 rings (SSSR count). The van der Waals surface area contributed by atoms with Crippen molar-refractivity contribution in [3.05, 3.63) is 29.6 Å². The number of nitrogens with zero attached hydrogens (tertiary/aromatic N) is 3. The summed E-state index contributed by atoms with van der Waals surface area (Å²) in [6.45, 7) is 5.31. The van der Waals surface area contributed by atoms with Crippen molar-refractivity contribution < 1.29 is 5.21 Å². The predicted octanol–water partition coefficient (Wildman–Crippen LogP) is 0.606. The maximum Gasteiger partial charge on any atom is 0.188 e. The van der Waals surface area contributed by atoms with Crippen LogP contribution in [0.25, 0.3) is 0 Å². The lowest BCUT2D eigenvalue weighted by atomic mass is 9.94. The summed E-state index contributed by atoms with van der Waals surface area (Å²) in [5, 5.41) is 15.2. The summed E-state index contributed by atoms with van der Waals surface area (Å²) in [7, 11) is 2.17. The summed E-state index contributed by atoms with van der Waals surface area (Å²) in [5.41, 5.74) is 7.14. The van der Waals surface area contributed by atoms with Gasteiger partial charge in [0.15, 0.2) is 5.84 Å². The summed E-state index contributed by atoms with van der Waals surface area (Å²) in [6.07, 6.45) is 2.85. The first-order chi connectivity index (χ1) is 9.60. The third-order valence-corrected chi connectivity index (χ3v) is 3.87. The molecule has 2 atom stereocenters. The Morgan fingerprint density at radius 2 is 2.45 bits per heavy atom. The monoisotopic (exact) mass is 277 g/mol. The quantitative estimate of drug-likeness (QED) is 0.325. The number of nitrogens with two attached hydrogens (primary N) is 1. The van der Waals surface area contributed by atoms with E-state index >= 15 is 0 Å².